The molecule has 6 heteroatoms. The van der Waals surface area contributed by atoms with E-state index in [1.165, 1.54) is 7.11 Å². The maximum atomic E-state index is 12.2. The van der Waals surface area contributed by atoms with Gasteiger partial charge in [0, 0.05) is 5.92 Å². The van der Waals surface area contributed by atoms with E-state index >= 15 is 0 Å². The van der Waals surface area contributed by atoms with Crippen LogP contribution in [-0.4, -0.2) is 39.6 Å². The third-order valence-electron chi connectivity index (χ3n) is 3.67. The Hall–Kier alpha value is -1.56. The van der Waals surface area contributed by atoms with Gasteiger partial charge in [-0.1, -0.05) is 12.1 Å². The van der Waals surface area contributed by atoms with E-state index < -0.39 is 21.1 Å². The van der Waals surface area contributed by atoms with Gasteiger partial charge in [-0.2, -0.15) is 0 Å². The fourth-order valence-electron chi connectivity index (χ4n) is 2.65. The Labute approximate surface area is 118 Å². The molecule has 2 atom stereocenters. The first-order chi connectivity index (χ1) is 9.49. The van der Waals surface area contributed by atoms with Gasteiger partial charge in [0.2, 0.25) is 0 Å². The molecule has 0 radical (unpaired) electrons. The molecule has 2 rings (SSSR count). The fraction of sp³-hybridized carbons (Fsp3) is 0.500. The second-order valence-electron chi connectivity index (χ2n) is 4.83. The summed E-state index contributed by atoms with van der Waals surface area (Å²) >= 11 is 0. The number of hydrogen-bond donors (Lipinski definition) is 0. The van der Waals surface area contributed by atoms with Gasteiger partial charge in [-0.15, -0.1) is 0 Å². The van der Waals surface area contributed by atoms with Gasteiger partial charge < -0.3 is 9.47 Å². The molecule has 1 heterocycles. The molecule has 0 bridgehead atoms. The molecule has 0 aliphatic carbocycles. The molecule has 0 spiro atoms. The summed E-state index contributed by atoms with van der Waals surface area (Å²) < 4.78 is 34.1. The van der Waals surface area contributed by atoms with Crippen LogP contribution in [-0.2, 0) is 19.4 Å². The highest BCUT2D eigenvalue weighted by molar-refractivity contribution is 7.92. The molecule has 1 aromatic carbocycles. The molecular formula is C14H18O5S. The molecule has 0 saturated carbocycles. The molecule has 0 aromatic heterocycles. The fourth-order valence-corrected chi connectivity index (χ4v) is 4.66. The van der Waals surface area contributed by atoms with Gasteiger partial charge in [0.25, 0.3) is 0 Å². The minimum absolute atomic E-state index is 0.0411. The zero-order chi connectivity index (χ0) is 14.8. The molecule has 110 valence electrons. The van der Waals surface area contributed by atoms with Crippen LogP contribution in [0.25, 0.3) is 0 Å². The van der Waals surface area contributed by atoms with E-state index in [0.29, 0.717) is 18.6 Å². The monoisotopic (exact) mass is 298 g/mol. The quantitative estimate of drug-likeness (QED) is 0.792. The molecule has 0 unspecified atom stereocenters. The summed E-state index contributed by atoms with van der Waals surface area (Å²) in [7, 11) is -0.667. The summed E-state index contributed by atoms with van der Waals surface area (Å²) in [4.78, 5) is 11.9. The SMILES string of the molecule is COC(=O)[C@@H]1[C@H](c2ccc(OC)cc2)CCCS1(=O)=O. The van der Waals surface area contributed by atoms with E-state index in [2.05, 4.69) is 4.74 Å². The molecule has 0 N–H and O–H groups in total. The van der Waals surface area contributed by atoms with E-state index in [4.69, 9.17) is 4.74 Å². The van der Waals surface area contributed by atoms with Crippen molar-refractivity contribution in [2.24, 2.45) is 0 Å². The van der Waals surface area contributed by atoms with Crippen molar-refractivity contribution in [2.45, 2.75) is 24.0 Å². The third-order valence-corrected chi connectivity index (χ3v) is 5.83. The number of esters is 1. The molecule has 1 aromatic rings. The number of ether oxygens (including phenoxy) is 2. The maximum Gasteiger partial charge on any atom is 0.324 e. The van der Waals surface area contributed by atoms with Crippen LogP contribution in [0.15, 0.2) is 24.3 Å². The number of carbonyl (C=O) groups excluding carboxylic acids is 1. The summed E-state index contributed by atoms with van der Waals surface area (Å²) in [6.07, 6.45) is 1.22. The molecule has 20 heavy (non-hydrogen) atoms. The van der Waals surface area contributed by atoms with Crippen LogP contribution in [0.5, 0.6) is 5.75 Å². The molecule has 0 amide bonds. The van der Waals surface area contributed by atoms with Gasteiger partial charge in [0.15, 0.2) is 15.1 Å². The Morgan fingerprint density at radius 3 is 2.40 bits per heavy atom. The van der Waals surface area contributed by atoms with Crippen molar-refractivity contribution >= 4 is 15.8 Å². The average molecular weight is 298 g/mol. The Balaban J connectivity index is 2.38. The predicted octanol–water partition coefficient (Wildman–Crippen LogP) is 1.53. The van der Waals surface area contributed by atoms with Crippen molar-refractivity contribution in [3.8, 4) is 5.75 Å². The van der Waals surface area contributed by atoms with Crippen LogP contribution in [0, 0.1) is 0 Å². The summed E-state index contributed by atoms with van der Waals surface area (Å²) in [6.45, 7) is 0. The van der Waals surface area contributed by atoms with Crippen LogP contribution >= 0.6 is 0 Å². The second-order valence-corrected chi connectivity index (χ2v) is 7.07. The van der Waals surface area contributed by atoms with Crippen LogP contribution in [0.2, 0.25) is 0 Å². The first-order valence-corrected chi connectivity index (χ1v) is 8.14. The van der Waals surface area contributed by atoms with Gasteiger partial charge in [-0.25, -0.2) is 8.42 Å². The lowest BCUT2D eigenvalue weighted by Crippen LogP contribution is -2.41. The minimum atomic E-state index is -3.45. The number of hydrogen-bond acceptors (Lipinski definition) is 5. The highest BCUT2D eigenvalue weighted by atomic mass is 32.2. The highest BCUT2D eigenvalue weighted by Gasteiger charge is 2.43. The zero-order valence-electron chi connectivity index (χ0n) is 11.5. The summed E-state index contributed by atoms with van der Waals surface area (Å²) in [5.41, 5.74) is 0.824. The van der Waals surface area contributed by atoms with E-state index in [0.717, 1.165) is 5.56 Å². The topological polar surface area (TPSA) is 69.7 Å². The Kier molecular flexibility index (Phi) is 4.32. The van der Waals surface area contributed by atoms with Gasteiger partial charge >= 0.3 is 5.97 Å². The minimum Gasteiger partial charge on any atom is -0.497 e. The van der Waals surface area contributed by atoms with Crippen molar-refractivity contribution < 1.29 is 22.7 Å². The molecule has 1 saturated heterocycles. The average Bonchev–Trinajstić information content (AvgIpc) is 2.45. The van der Waals surface area contributed by atoms with E-state index in [-0.39, 0.29) is 11.7 Å². The van der Waals surface area contributed by atoms with E-state index in [1.54, 1.807) is 31.4 Å². The smallest absolute Gasteiger partial charge is 0.324 e. The summed E-state index contributed by atoms with van der Waals surface area (Å²) in [5, 5.41) is -1.10. The van der Waals surface area contributed by atoms with Gasteiger partial charge in [0.05, 0.1) is 20.0 Å². The number of carbonyl (C=O) groups is 1. The second kappa shape index (κ2) is 5.83. The van der Waals surface area contributed by atoms with Crippen LogP contribution in [0.3, 0.4) is 0 Å². The number of sulfone groups is 1. The normalized spacial score (nSPS) is 24.9. The number of rotatable bonds is 3. The molecule has 1 aliphatic rings. The van der Waals surface area contributed by atoms with Gasteiger partial charge in [-0.3, -0.25) is 4.79 Å². The highest BCUT2D eigenvalue weighted by Crippen LogP contribution is 2.35. The third kappa shape index (κ3) is 2.80. The molecule has 1 aliphatic heterocycles. The number of methoxy groups -OCH3 is 2. The van der Waals surface area contributed by atoms with Crippen LogP contribution < -0.4 is 4.74 Å². The van der Waals surface area contributed by atoms with Crippen molar-refractivity contribution in [1.82, 2.24) is 0 Å². The summed E-state index contributed by atoms with van der Waals surface area (Å²) in [5.74, 6) is -0.293. The predicted molar refractivity (Wildman–Crippen MR) is 74.6 cm³/mol. The van der Waals surface area contributed by atoms with Gasteiger partial charge in [-0.05, 0) is 30.5 Å². The largest absolute Gasteiger partial charge is 0.497 e. The van der Waals surface area contributed by atoms with Crippen molar-refractivity contribution in [3.63, 3.8) is 0 Å². The van der Waals surface area contributed by atoms with Crippen LogP contribution in [0.1, 0.15) is 24.3 Å². The van der Waals surface area contributed by atoms with Gasteiger partial charge in [0.1, 0.15) is 5.75 Å². The zero-order valence-corrected chi connectivity index (χ0v) is 12.4. The maximum absolute atomic E-state index is 12.2. The Morgan fingerprint density at radius 2 is 1.85 bits per heavy atom. The molecular weight excluding hydrogens is 280 g/mol. The van der Waals surface area contributed by atoms with Crippen molar-refractivity contribution in [1.29, 1.82) is 0 Å². The first-order valence-electron chi connectivity index (χ1n) is 6.43. The standard InChI is InChI=1S/C14H18O5S/c1-18-11-7-5-10(6-8-11)12-4-3-9-20(16,17)13(12)14(15)19-2/h5-8,12-13H,3-4,9H2,1-2H3/t12-,13-/m0/s1. The van der Waals surface area contributed by atoms with Crippen molar-refractivity contribution in [2.75, 3.05) is 20.0 Å². The lowest BCUT2D eigenvalue weighted by Gasteiger charge is -2.29. The number of benzene rings is 1. The molecule has 1 fully saturated rings. The van der Waals surface area contributed by atoms with Crippen LogP contribution in [0.4, 0.5) is 0 Å². The Morgan fingerprint density at radius 1 is 1.20 bits per heavy atom. The summed E-state index contributed by atoms with van der Waals surface area (Å²) in [6, 6.07) is 7.15. The van der Waals surface area contributed by atoms with Crippen molar-refractivity contribution in [3.05, 3.63) is 29.8 Å². The lowest BCUT2D eigenvalue weighted by atomic mass is 9.90. The Bertz CT molecular complexity index is 576. The van der Waals surface area contributed by atoms with E-state index in [1.807, 2.05) is 0 Å². The first kappa shape index (κ1) is 14.8. The lowest BCUT2D eigenvalue weighted by molar-refractivity contribution is -0.140. The molecule has 5 nitrogen and oxygen atoms in total. The van der Waals surface area contributed by atoms with E-state index in [9.17, 15) is 13.2 Å².